The molecule has 6 aromatic rings. The van der Waals surface area contributed by atoms with Crippen molar-refractivity contribution in [3.8, 4) is 23.3 Å². The molecule has 0 saturated heterocycles. The molecule has 0 saturated carbocycles. The Morgan fingerprint density at radius 3 is 1.80 bits per heavy atom. The molecular formula is C37H41N7O6. The number of aromatic nitrogens is 7. The second-order valence-corrected chi connectivity index (χ2v) is 12.9. The van der Waals surface area contributed by atoms with Crippen molar-refractivity contribution in [2.75, 3.05) is 0 Å². The van der Waals surface area contributed by atoms with Crippen molar-refractivity contribution in [3.05, 3.63) is 136 Å². The number of aromatic amines is 3. The second kappa shape index (κ2) is 14.6. The van der Waals surface area contributed by atoms with Gasteiger partial charge in [-0.2, -0.15) is 0 Å². The summed E-state index contributed by atoms with van der Waals surface area (Å²) in [5.74, 6) is 1.37. The van der Waals surface area contributed by atoms with Crippen LogP contribution in [0.5, 0.6) is 23.3 Å². The number of nitrogens with zero attached hydrogens (tertiary/aromatic N) is 4. The van der Waals surface area contributed by atoms with Crippen LogP contribution in [0.2, 0.25) is 0 Å². The highest BCUT2D eigenvalue weighted by atomic mass is 16.5. The van der Waals surface area contributed by atoms with Gasteiger partial charge in [0.2, 0.25) is 11.8 Å². The van der Waals surface area contributed by atoms with Gasteiger partial charge in [0.05, 0.1) is 16.6 Å². The van der Waals surface area contributed by atoms with Gasteiger partial charge < -0.3 is 9.47 Å². The van der Waals surface area contributed by atoms with E-state index in [0.29, 0.717) is 22.6 Å². The molecule has 0 aliphatic heterocycles. The summed E-state index contributed by atoms with van der Waals surface area (Å²) in [4.78, 5) is 55.9. The first kappa shape index (κ1) is 35.3. The largest absolute Gasteiger partial charge is 0.440 e. The molecule has 0 aliphatic carbocycles. The minimum atomic E-state index is -0.571. The average Bonchev–Trinajstić information content (AvgIpc) is 3.40. The molecule has 260 valence electrons. The number of hydrogen-bond donors (Lipinski definition) is 3. The lowest BCUT2D eigenvalue weighted by Gasteiger charge is -2.18. The molecule has 3 aromatic heterocycles. The zero-order valence-corrected chi connectivity index (χ0v) is 29.4. The monoisotopic (exact) mass is 679 g/mol. The third-order valence-corrected chi connectivity index (χ3v) is 7.80. The van der Waals surface area contributed by atoms with E-state index < -0.39 is 22.5 Å². The highest BCUT2D eigenvalue weighted by Crippen LogP contribution is 2.29. The van der Waals surface area contributed by atoms with Crippen LogP contribution in [-0.2, 0) is 6.67 Å². The lowest BCUT2D eigenvalue weighted by atomic mass is 10.1. The van der Waals surface area contributed by atoms with Gasteiger partial charge in [-0.05, 0) is 98.2 Å². The van der Waals surface area contributed by atoms with E-state index in [4.69, 9.17) is 9.47 Å². The number of ether oxygens (including phenoxy) is 2. The summed E-state index contributed by atoms with van der Waals surface area (Å²) >= 11 is 0. The van der Waals surface area contributed by atoms with Crippen molar-refractivity contribution < 1.29 is 9.47 Å². The summed E-state index contributed by atoms with van der Waals surface area (Å²) in [5.41, 5.74) is 4.49. The molecule has 0 amide bonds. The molecule has 0 aliphatic rings. The van der Waals surface area contributed by atoms with Gasteiger partial charge in [-0.1, -0.05) is 57.2 Å². The molecule has 0 spiro atoms. The molecule has 3 heterocycles. The van der Waals surface area contributed by atoms with Crippen LogP contribution < -0.4 is 32.0 Å². The van der Waals surface area contributed by atoms with E-state index in [1.54, 1.807) is 4.68 Å². The fourth-order valence-electron chi connectivity index (χ4n) is 5.76. The third kappa shape index (κ3) is 8.00. The number of H-pyrrole nitrogens is 3. The Bertz CT molecular complexity index is 2370. The van der Waals surface area contributed by atoms with Gasteiger partial charge in [0.25, 0.3) is 11.1 Å². The highest BCUT2D eigenvalue weighted by Gasteiger charge is 2.21. The van der Waals surface area contributed by atoms with E-state index in [1.165, 1.54) is 4.57 Å². The Labute approximate surface area is 287 Å². The molecular weight excluding hydrogens is 638 g/mol. The first-order valence-corrected chi connectivity index (χ1v) is 16.2. The van der Waals surface area contributed by atoms with Crippen LogP contribution in [-0.4, -0.2) is 34.5 Å². The van der Waals surface area contributed by atoms with Crippen molar-refractivity contribution >= 4 is 11.0 Å². The maximum atomic E-state index is 12.8. The average molecular weight is 680 g/mol. The quantitative estimate of drug-likeness (QED) is 0.178. The number of aryl methyl sites for hydroxylation is 4. The molecule has 50 heavy (non-hydrogen) atoms. The molecule has 13 heteroatoms. The second-order valence-electron chi connectivity index (χ2n) is 12.9. The van der Waals surface area contributed by atoms with Crippen LogP contribution in [0.1, 0.15) is 72.9 Å². The van der Waals surface area contributed by atoms with Gasteiger partial charge in [-0.3, -0.25) is 24.5 Å². The Morgan fingerprint density at radius 2 is 1.22 bits per heavy atom. The fourth-order valence-corrected chi connectivity index (χ4v) is 5.76. The molecule has 13 nitrogen and oxygen atoms in total. The zero-order valence-electron chi connectivity index (χ0n) is 29.4. The van der Waals surface area contributed by atoms with Crippen molar-refractivity contribution in [2.45, 2.75) is 73.9 Å². The first-order chi connectivity index (χ1) is 23.7. The topological polar surface area (TPSA) is 170 Å². The summed E-state index contributed by atoms with van der Waals surface area (Å²) in [6, 6.07) is 19.0. The van der Waals surface area contributed by atoms with Crippen molar-refractivity contribution in [2.24, 2.45) is 0 Å². The maximum Gasteiger partial charge on any atom is 0.332 e. The lowest BCUT2D eigenvalue weighted by Crippen LogP contribution is -2.35. The van der Waals surface area contributed by atoms with E-state index in [-0.39, 0.29) is 30.3 Å². The van der Waals surface area contributed by atoms with Gasteiger partial charge in [0.15, 0.2) is 0 Å². The summed E-state index contributed by atoms with van der Waals surface area (Å²) in [6.07, 6.45) is 0. The van der Waals surface area contributed by atoms with E-state index in [1.807, 2.05) is 116 Å². The Balaban J connectivity index is 0.000000211. The normalized spacial score (nSPS) is 11.2. The van der Waals surface area contributed by atoms with Crippen LogP contribution in [0, 0.1) is 27.7 Å². The predicted molar refractivity (Wildman–Crippen MR) is 192 cm³/mol. The van der Waals surface area contributed by atoms with E-state index in [9.17, 15) is 19.2 Å². The Hall–Kier alpha value is -5.98. The van der Waals surface area contributed by atoms with Crippen LogP contribution in [0.4, 0.5) is 0 Å². The first-order valence-electron chi connectivity index (χ1n) is 16.2. The lowest BCUT2D eigenvalue weighted by molar-refractivity contribution is 0.383. The molecule has 0 radical (unpaired) electrons. The maximum absolute atomic E-state index is 12.8. The number of benzene rings is 3. The van der Waals surface area contributed by atoms with Crippen molar-refractivity contribution in [1.82, 2.24) is 34.5 Å². The molecule has 3 aromatic carbocycles. The van der Waals surface area contributed by atoms with Crippen molar-refractivity contribution in [3.63, 3.8) is 0 Å². The number of hydrogen-bond acceptors (Lipinski definition) is 8. The van der Waals surface area contributed by atoms with Gasteiger partial charge in [0.1, 0.15) is 23.7 Å². The minimum Gasteiger partial charge on any atom is -0.440 e. The third-order valence-electron chi connectivity index (χ3n) is 7.80. The Kier molecular flexibility index (Phi) is 10.3. The fraction of sp³-hybridized carbons (Fsp3) is 0.297. The minimum absolute atomic E-state index is 0.0516. The predicted octanol–water partition coefficient (Wildman–Crippen LogP) is 5.92. The van der Waals surface area contributed by atoms with Gasteiger partial charge in [-0.25, -0.2) is 18.8 Å². The summed E-state index contributed by atoms with van der Waals surface area (Å²) < 4.78 is 14.9. The van der Waals surface area contributed by atoms with Crippen LogP contribution >= 0.6 is 0 Å². The van der Waals surface area contributed by atoms with Crippen LogP contribution in [0.25, 0.3) is 11.0 Å². The summed E-state index contributed by atoms with van der Waals surface area (Å²) in [6.45, 7) is 15.4. The number of fused-ring (bicyclic) bond motifs is 1. The van der Waals surface area contributed by atoms with Crippen LogP contribution in [0.15, 0.2) is 79.8 Å². The van der Waals surface area contributed by atoms with E-state index >= 15 is 0 Å². The van der Waals surface area contributed by atoms with Gasteiger partial charge in [-0.15, -0.1) is 5.10 Å². The molecule has 0 bridgehead atoms. The molecule has 3 N–H and O–H groups in total. The van der Waals surface area contributed by atoms with Crippen molar-refractivity contribution in [1.29, 1.82) is 0 Å². The zero-order chi connectivity index (χ0) is 36.3. The standard InChI is InChI=1S/C22H23N5O3.C15H18N2O3/c1-13(2)19-20(28)23-22(29)26(12-27-18-8-6-5-7-17(18)24-25-27)21(19)30-16-10-14(3)9-15(4)11-16;1-8(2)12-13(18)16-15(19)17-14(12)20-11-6-9(3)5-10(4)7-11/h5-11,13H,12H2,1-4H3,(H,23,28,29);5-8H,1-4H3,(H2,16,17,18,19). The van der Waals surface area contributed by atoms with Gasteiger partial charge in [0, 0.05) is 0 Å². The smallest absolute Gasteiger partial charge is 0.332 e. The molecule has 0 fully saturated rings. The number of para-hydroxylation sites is 1. The van der Waals surface area contributed by atoms with Crippen LogP contribution in [0.3, 0.4) is 0 Å². The number of nitrogens with one attached hydrogen (secondary N) is 3. The molecule has 0 atom stereocenters. The van der Waals surface area contributed by atoms with E-state index in [0.717, 1.165) is 33.3 Å². The Morgan fingerprint density at radius 1 is 0.680 bits per heavy atom. The van der Waals surface area contributed by atoms with E-state index in [2.05, 4.69) is 25.3 Å². The summed E-state index contributed by atoms with van der Waals surface area (Å²) in [7, 11) is 0. The SMILES string of the molecule is Cc1cc(C)cc(Oc2[nH]c(=O)[nH]c(=O)c2C(C)C)c1.Cc1cc(C)cc(Oc2c(C(C)C)c(=O)[nH]c(=O)n2Cn2nnc3ccccc32)c1. The molecule has 0 unspecified atom stereocenters. The summed E-state index contributed by atoms with van der Waals surface area (Å²) in [5, 5.41) is 8.31. The van der Waals surface area contributed by atoms with Gasteiger partial charge >= 0.3 is 11.4 Å². The molecule has 6 rings (SSSR count). The highest BCUT2D eigenvalue weighted by molar-refractivity contribution is 5.73. The number of rotatable bonds is 8.